The molecule has 9 nitrogen and oxygen atoms in total. The highest BCUT2D eigenvalue weighted by atomic mass is 16.5. The number of anilines is 2. The van der Waals surface area contributed by atoms with Crippen LogP contribution in [-0.2, 0) is 11.8 Å². The molecule has 0 bridgehead atoms. The molecule has 3 heterocycles. The zero-order valence-electron chi connectivity index (χ0n) is 17.0. The molecule has 1 aromatic carbocycles. The summed E-state index contributed by atoms with van der Waals surface area (Å²) in [6.45, 7) is 2.05. The van der Waals surface area contributed by atoms with Gasteiger partial charge in [0.25, 0.3) is 0 Å². The number of likely N-dealkylation sites (tertiary alicyclic amines) is 1. The van der Waals surface area contributed by atoms with Crippen LogP contribution in [0.2, 0.25) is 0 Å². The molecule has 29 heavy (non-hydrogen) atoms. The number of aromatic nitrogens is 2. The van der Waals surface area contributed by atoms with Crippen LogP contribution in [0.1, 0.15) is 6.42 Å². The number of methoxy groups -OCH3 is 1. The smallest absolute Gasteiger partial charge is 0.321 e. The van der Waals surface area contributed by atoms with Crippen molar-refractivity contribution in [3.05, 3.63) is 36.7 Å². The number of likely N-dealkylation sites (N-methyl/N-ethyl adjacent to an activating group) is 1. The van der Waals surface area contributed by atoms with Gasteiger partial charge in [-0.15, -0.1) is 0 Å². The SMILES string of the molecule is COc1cccc(NC(=O)N2CC[C@]3(C2)CN(c2cnn(C)c2)C(=O)CN3C)c1. The zero-order valence-corrected chi connectivity index (χ0v) is 17.0. The minimum Gasteiger partial charge on any atom is -0.497 e. The van der Waals surface area contributed by atoms with E-state index in [9.17, 15) is 9.59 Å². The Morgan fingerprint density at radius 1 is 1.28 bits per heavy atom. The third kappa shape index (κ3) is 3.65. The van der Waals surface area contributed by atoms with E-state index < -0.39 is 0 Å². The second-order valence-corrected chi connectivity index (χ2v) is 7.77. The highest BCUT2D eigenvalue weighted by molar-refractivity contribution is 5.96. The average molecular weight is 398 g/mol. The number of carbonyl (C=O) groups is 2. The van der Waals surface area contributed by atoms with Gasteiger partial charge in [-0.25, -0.2) is 4.79 Å². The summed E-state index contributed by atoms with van der Waals surface area (Å²) in [5.74, 6) is 0.740. The fraction of sp³-hybridized carbons (Fsp3) is 0.450. The number of aryl methyl sites for hydroxylation is 1. The van der Waals surface area contributed by atoms with E-state index in [1.165, 1.54) is 0 Å². The van der Waals surface area contributed by atoms with Crippen LogP contribution in [0.3, 0.4) is 0 Å². The van der Waals surface area contributed by atoms with Gasteiger partial charge in [0.2, 0.25) is 5.91 Å². The predicted octanol–water partition coefficient (Wildman–Crippen LogP) is 1.38. The van der Waals surface area contributed by atoms with Crippen molar-refractivity contribution in [3.63, 3.8) is 0 Å². The lowest BCUT2D eigenvalue weighted by Crippen LogP contribution is -2.64. The molecule has 2 saturated heterocycles. The summed E-state index contributed by atoms with van der Waals surface area (Å²) in [7, 11) is 5.39. The van der Waals surface area contributed by atoms with E-state index in [4.69, 9.17) is 4.74 Å². The second-order valence-electron chi connectivity index (χ2n) is 7.77. The maximum atomic E-state index is 12.8. The molecule has 2 aliphatic heterocycles. The van der Waals surface area contributed by atoms with Crippen molar-refractivity contribution in [2.24, 2.45) is 7.05 Å². The minimum absolute atomic E-state index is 0.0467. The highest BCUT2D eigenvalue weighted by Crippen LogP contribution is 2.33. The van der Waals surface area contributed by atoms with Crippen molar-refractivity contribution in [2.75, 3.05) is 50.6 Å². The van der Waals surface area contributed by atoms with Crippen molar-refractivity contribution in [1.29, 1.82) is 0 Å². The third-order valence-corrected chi connectivity index (χ3v) is 5.88. The number of nitrogens with one attached hydrogen (secondary N) is 1. The first-order valence-corrected chi connectivity index (χ1v) is 9.60. The summed E-state index contributed by atoms with van der Waals surface area (Å²) < 4.78 is 6.91. The zero-order chi connectivity index (χ0) is 20.6. The van der Waals surface area contributed by atoms with E-state index in [0.29, 0.717) is 37.6 Å². The van der Waals surface area contributed by atoms with Crippen LogP contribution in [0, 0.1) is 0 Å². The molecular weight excluding hydrogens is 372 g/mol. The summed E-state index contributed by atoms with van der Waals surface area (Å²) in [6, 6.07) is 7.16. The van der Waals surface area contributed by atoms with Gasteiger partial charge in [-0.1, -0.05) is 6.07 Å². The summed E-state index contributed by atoms with van der Waals surface area (Å²) in [5.41, 5.74) is 1.22. The molecule has 1 aromatic heterocycles. The Balaban J connectivity index is 1.47. The van der Waals surface area contributed by atoms with E-state index in [1.54, 1.807) is 29.0 Å². The first-order valence-electron chi connectivity index (χ1n) is 9.60. The van der Waals surface area contributed by atoms with Gasteiger partial charge in [-0.3, -0.25) is 14.4 Å². The molecule has 0 radical (unpaired) electrons. The summed E-state index contributed by atoms with van der Waals surface area (Å²) in [4.78, 5) is 31.1. The van der Waals surface area contributed by atoms with Crippen molar-refractivity contribution >= 4 is 23.3 Å². The number of rotatable bonds is 3. The molecule has 1 N–H and O–H groups in total. The van der Waals surface area contributed by atoms with E-state index in [-0.39, 0.29) is 17.5 Å². The fourth-order valence-corrected chi connectivity index (χ4v) is 4.12. The maximum Gasteiger partial charge on any atom is 0.321 e. The maximum absolute atomic E-state index is 12.8. The van der Waals surface area contributed by atoms with Gasteiger partial charge in [0.15, 0.2) is 0 Å². The standard InChI is InChI=1S/C20H26N6O3/c1-23-12-18(27)26(16-10-21-24(2)11-16)14-20(23)7-8-25(13-20)19(28)22-15-5-4-6-17(9-15)29-3/h4-6,9-11H,7-8,12-14H2,1-3H3,(H,22,28)/t20-/m0/s1. The Kier molecular flexibility index (Phi) is 4.91. The molecule has 1 atom stereocenters. The Morgan fingerprint density at radius 2 is 2.10 bits per heavy atom. The molecular formula is C20H26N6O3. The number of amides is 3. The van der Waals surface area contributed by atoms with Crippen LogP contribution < -0.4 is 15.0 Å². The van der Waals surface area contributed by atoms with Crippen molar-refractivity contribution < 1.29 is 14.3 Å². The van der Waals surface area contributed by atoms with Gasteiger partial charge in [-0.2, -0.15) is 5.10 Å². The molecule has 154 valence electrons. The lowest BCUT2D eigenvalue weighted by molar-refractivity contribution is -0.123. The third-order valence-electron chi connectivity index (χ3n) is 5.88. The molecule has 1 spiro atoms. The monoisotopic (exact) mass is 398 g/mol. The van der Waals surface area contributed by atoms with Gasteiger partial charge in [-0.05, 0) is 25.6 Å². The number of nitrogens with zero attached hydrogens (tertiary/aromatic N) is 5. The second kappa shape index (κ2) is 7.40. The quantitative estimate of drug-likeness (QED) is 0.845. The van der Waals surface area contributed by atoms with Crippen LogP contribution >= 0.6 is 0 Å². The highest BCUT2D eigenvalue weighted by Gasteiger charge is 2.48. The fourth-order valence-electron chi connectivity index (χ4n) is 4.12. The number of carbonyl (C=O) groups excluding carboxylic acids is 2. The number of benzene rings is 1. The minimum atomic E-state index is -0.268. The number of piperazine rings is 1. The lowest BCUT2D eigenvalue weighted by atomic mass is 9.93. The van der Waals surface area contributed by atoms with Gasteiger partial charge in [0.05, 0.1) is 31.1 Å². The first kappa shape index (κ1) is 19.3. The first-order chi connectivity index (χ1) is 13.9. The Morgan fingerprint density at radius 3 is 2.83 bits per heavy atom. The molecule has 3 amide bonds. The predicted molar refractivity (Wildman–Crippen MR) is 109 cm³/mol. The number of hydrogen-bond donors (Lipinski definition) is 1. The van der Waals surface area contributed by atoms with E-state index in [1.807, 2.05) is 43.4 Å². The van der Waals surface area contributed by atoms with Crippen LogP contribution in [0.5, 0.6) is 5.75 Å². The summed E-state index contributed by atoms with van der Waals surface area (Å²) in [6.07, 6.45) is 4.36. The Hall–Kier alpha value is -3.07. The van der Waals surface area contributed by atoms with Gasteiger partial charge in [0.1, 0.15) is 5.75 Å². The molecule has 2 aliphatic rings. The van der Waals surface area contributed by atoms with Crippen LogP contribution in [-0.4, -0.2) is 77.4 Å². The topological polar surface area (TPSA) is 82.9 Å². The Labute approximate surface area is 169 Å². The number of urea groups is 1. The van der Waals surface area contributed by atoms with Crippen LogP contribution in [0.4, 0.5) is 16.2 Å². The molecule has 9 heteroatoms. The van der Waals surface area contributed by atoms with Crippen molar-refractivity contribution in [1.82, 2.24) is 19.6 Å². The van der Waals surface area contributed by atoms with E-state index >= 15 is 0 Å². The summed E-state index contributed by atoms with van der Waals surface area (Å²) >= 11 is 0. The van der Waals surface area contributed by atoms with Gasteiger partial charge >= 0.3 is 6.03 Å². The van der Waals surface area contributed by atoms with E-state index in [2.05, 4.69) is 15.3 Å². The molecule has 2 fully saturated rings. The van der Waals surface area contributed by atoms with Crippen molar-refractivity contribution in [2.45, 2.75) is 12.0 Å². The van der Waals surface area contributed by atoms with Crippen LogP contribution in [0.25, 0.3) is 0 Å². The summed E-state index contributed by atoms with van der Waals surface area (Å²) in [5, 5.41) is 7.13. The average Bonchev–Trinajstić information content (AvgIpc) is 3.32. The normalized spacial score (nSPS) is 22.4. The lowest BCUT2D eigenvalue weighted by Gasteiger charge is -2.46. The molecule has 2 aromatic rings. The number of ether oxygens (including phenoxy) is 1. The number of hydrogen-bond acceptors (Lipinski definition) is 5. The Bertz CT molecular complexity index is 928. The molecule has 0 aliphatic carbocycles. The molecule has 0 saturated carbocycles. The van der Waals surface area contributed by atoms with Gasteiger partial charge < -0.3 is 19.9 Å². The van der Waals surface area contributed by atoms with Crippen LogP contribution in [0.15, 0.2) is 36.7 Å². The van der Waals surface area contributed by atoms with Crippen molar-refractivity contribution in [3.8, 4) is 5.75 Å². The molecule has 4 rings (SSSR count). The van der Waals surface area contributed by atoms with E-state index in [0.717, 1.165) is 12.1 Å². The molecule has 0 unspecified atom stereocenters. The van der Waals surface area contributed by atoms with Gasteiger partial charge in [0, 0.05) is 44.6 Å². The largest absolute Gasteiger partial charge is 0.497 e.